The normalized spacial score (nSPS) is 11.3. The molecule has 0 atom stereocenters. The van der Waals surface area contributed by atoms with Crippen molar-refractivity contribution in [1.29, 1.82) is 0 Å². The van der Waals surface area contributed by atoms with Crippen LogP contribution < -0.4 is 10.6 Å². The molecule has 1 aromatic heterocycles. The van der Waals surface area contributed by atoms with Gasteiger partial charge in [-0.2, -0.15) is 13.2 Å². The standard InChI is InChI=1S/C12H9BrF4N4/c1-18-9-5-10(21-11(20-9)12(15,16)17)19-6-2-3-8(14)7(13)4-6/h2-5H,1H3,(H2,18,19,20,21). The van der Waals surface area contributed by atoms with Crippen molar-refractivity contribution >= 4 is 33.3 Å². The lowest BCUT2D eigenvalue weighted by molar-refractivity contribution is -0.144. The number of benzene rings is 1. The molecule has 2 rings (SSSR count). The highest BCUT2D eigenvalue weighted by Gasteiger charge is 2.35. The van der Waals surface area contributed by atoms with Crippen molar-refractivity contribution in [1.82, 2.24) is 9.97 Å². The fourth-order valence-electron chi connectivity index (χ4n) is 1.49. The Morgan fingerprint density at radius 1 is 1.10 bits per heavy atom. The van der Waals surface area contributed by atoms with Crippen LogP contribution in [-0.2, 0) is 6.18 Å². The Balaban J connectivity index is 2.36. The zero-order chi connectivity index (χ0) is 15.6. The largest absolute Gasteiger partial charge is 0.451 e. The fourth-order valence-corrected chi connectivity index (χ4v) is 1.87. The van der Waals surface area contributed by atoms with Crippen LogP contribution in [0.2, 0.25) is 0 Å². The van der Waals surface area contributed by atoms with E-state index in [1.165, 1.54) is 31.3 Å². The summed E-state index contributed by atoms with van der Waals surface area (Å²) in [5, 5.41) is 5.20. The molecule has 112 valence electrons. The van der Waals surface area contributed by atoms with Crippen LogP contribution in [0.1, 0.15) is 5.82 Å². The lowest BCUT2D eigenvalue weighted by Gasteiger charge is -2.11. The van der Waals surface area contributed by atoms with Crippen LogP contribution in [0.4, 0.5) is 34.9 Å². The maximum Gasteiger partial charge on any atom is 0.451 e. The van der Waals surface area contributed by atoms with Gasteiger partial charge >= 0.3 is 6.18 Å². The summed E-state index contributed by atoms with van der Waals surface area (Å²) in [4.78, 5) is 6.74. The van der Waals surface area contributed by atoms with E-state index in [4.69, 9.17) is 0 Å². The third-order valence-corrected chi connectivity index (χ3v) is 3.04. The molecule has 21 heavy (non-hydrogen) atoms. The maximum absolute atomic E-state index is 13.1. The van der Waals surface area contributed by atoms with Crippen LogP contribution in [-0.4, -0.2) is 17.0 Å². The van der Waals surface area contributed by atoms with Crippen molar-refractivity contribution in [2.45, 2.75) is 6.18 Å². The summed E-state index contributed by atoms with van der Waals surface area (Å²) < 4.78 is 51.4. The Bertz CT molecular complexity index is 660. The van der Waals surface area contributed by atoms with Gasteiger partial charge in [-0.05, 0) is 34.1 Å². The van der Waals surface area contributed by atoms with Gasteiger partial charge in [-0.25, -0.2) is 14.4 Å². The number of rotatable bonds is 3. The number of hydrogen-bond acceptors (Lipinski definition) is 4. The molecule has 0 amide bonds. The molecule has 0 saturated heterocycles. The lowest BCUT2D eigenvalue weighted by Crippen LogP contribution is -2.13. The second-order valence-corrected chi connectivity index (χ2v) is 4.82. The van der Waals surface area contributed by atoms with Gasteiger partial charge in [0.05, 0.1) is 4.47 Å². The topological polar surface area (TPSA) is 49.8 Å². The molecule has 0 aliphatic rings. The van der Waals surface area contributed by atoms with Crippen LogP contribution in [0.15, 0.2) is 28.7 Å². The molecule has 0 saturated carbocycles. The van der Waals surface area contributed by atoms with Crippen molar-refractivity contribution in [2.24, 2.45) is 0 Å². The minimum absolute atomic E-state index is 0.0148. The smallest absolute Gasteiger partial charge is 0.373 e. The number of halogens is 5. The van der Waals surface area contributed by atoms with Crippen molar-refractivity contribution in [3.63, 3.8) is 0 Å². The zero-order valence-corrected chi connectivity index (χ0v) is 12.2. The molecule has 2 N–H and O–H groups in total. The molecule has 0 aliphatic carbocycles. The van der Waals surface area contributed by atoms with Crippen molar-refractivity contribution in [3.8, 4) is 0 Å². The maximum atomic E-state index is 13.1. The summed E-state index contributed by atoms with van der Waals surface area (Å²) in [6, 6.07) is 5.27. The van der Waals surface area contributed by atoms with Gasteiger partial charge in [0.15, 0.2) is 0 Å². The average molecular weight is 365 g/mol. The number of hydrogen-bond donors (Lipinski definition) is 2. The number of nitrogens with one attached hydrogen (secondary N) is 2. The summed E-state index contributed by atoms with van der Waals surface area (Å²) >= 11 is 2.99. The molecule has 1 aromatic carbocycles. The number of aromatic nitrogens is 2. The van der Waals surface area contributed by atoms with Crippen molar-refractivity contribution in [3.05, 3.63) is 40.4 Å². The quantitative estimate of drug-likeness (QED) is 0.802. The lowest BCUT2D eigenvalue weighted by atomic mass is 10.3. The molecule has 0 bridgehead atoms. The van der Waals surface area contributed by atoms with Gasteiger partial charge in [0.25, 0.3) is 0 Å². The Hall–Kier alpha value is -1.90. The summed E-state index contributed by atoms with van der Waals surface area (Å²) in [7, 11) is 1.45. The van der Waals surface area contributed by atoms with E-state index in [2.05, 4.69) is 36.5 Å². The molecule has 2 aromatic rings. The van der Waals surface area contributed by atoms with Gasteiger partial charge < -0.3 is 10.6 Å². The predicted octanol–water partition coefficient (Wildman–Crippen LogP) is 4.18. The highest BCUT2D eigenvalue weighted by molar-refractivity contribution is 9.10. The minimum Gasteiger partial charge on any atom is -0.373 e. The van der Waals surface area contributed by atoms with Crippen LogP contribution in [0, 0.1) is 5.82 Å². The zero-order valence-electron chi connectivity index (χ0n) is 10.6. The summed E-state index contributed by atoms with van der Waals surface area (Å²) in [5.41, 5.74) is 0.386. The summed E-state index contributed by atoms with van der Waals surface area (Å²) in [6.07, 6.45) is -4.66. The highest BCUT2D eigenvalue weighted by Crippen LogP contribution is 2.29. The summed E-state index contributed by atoms with van der Waals surface area (Å²) in [5.74, 6) is -1.78. The predicted molar refractivity (Wildman–Crippen MR) is 74.0 cm³/mol. The van der Waals surface area contributed by atoms with Gasteiger partial charge in [-0.15, -0.1) is 0 Å². The number of anilines is 3. The number of alkyl halides is 3. The molecular formula is C12H9BrF4N4. The SMILES string of the molecule is CNc1cc(Nc2ccc(F)c(Br)c2)nc(C(F)(F)F)n1. The first-order valence-corrected chi connectivity index (χ1v) is 6.45. The van der Waals surface area contributed by atoms with Gasteiger partial charge in [0.2, 0.25) is 5.82 Å². The van der Waals surface area contributed by atoms with E-state index < -0.39 is 17.8 Å². The molecule has 0 aliphatic heterocycles. The summed E-state index contributed by atoms with van der Waals surface area (Å²) in [6.45, 7) is 0. The highest BCUT2D eigenvalue weighted by atomic mass is 79.9. The van der Waals surface area contributed by atoms with E-state index in [0.29, 0.717) is 5.69 Å². The first-order chi connectivity index (χ1) is 9.79. The Morgan fingerprint density at radius 2 is 1.76 bits per heavy atom. The third-order valence-electron chi connectivity index (χ3n) is 2.43. The average Bonchev–Trinajstić information content (AvgIpc) is 2.41. The van der Waals surface area contributed by atoms with Crippen LogP contribution in [0.5, 0.6) is 0 Å². The molecule has 9 heteroatoms. The Morgan fingerprint density at radius 3 is 2.33 bits per heavy atom. The van der Waals surface area contributed by atoms with E-state index in [1.807, 2.05) is 0 Å². The fraction of sp³-hybridized carbons (Fsp3) is 0.167. The van der Waals surface area contributed by atoms with Crippen molar-refractivity contribution < 1.29 is 17.6 Å². The Kier molecular flexibility index (Phi) is 4.31. The number of nitrogens with zero attached hydrogens (tertiary/aromatic N) is 2. The first kappa shape index (κ1) is 15.5. The molecule has 0 spiro atoms. The molecule has 4 nitrogen and oxygen atoms in total. The first-order valence-electron chi connectivity index (χ1n) is 5.65. The van der Waals surface area contributed by atoms with Crippen LogP contribution in [0.3, 0.4) is 0 Å². The van der Waals surface area contributed by atoms with E-state index in [9.17, 15) is 17.6 Å². The van der Waals surface area contributed by atoms with E-state index >= 15 is 0 Å². The van der Waals surface area contributed by atoms with Gasteiger partial charge in [-0.3, -0.25) is 0 Å². The minimum atomic E-state index is -4.66. The molecule has 0 unspecified atom stereocenters. The van der Waals surface area contributed by atoms with Crippen LogP contribution >= 0.6 is 15.9 Å². The van der Waals surface area contributed by atoms with Gasteiger partial charge in [0.1, 0.15) is 17.5 Å². The second-order valence-electron chi connectivity index (χ2n) is 3.96. The second kappa shape index (κ2) is 5.84. The van der Waals surface area contributed by atoms with Gasteiger partial charge in [0, 0.05) is 18.8 Å². The van der Waals surface area contributed by atoms with E-state index in [1.54, 1.807) is 0 Å². The van der Waals surface area contributed by atoms with Gasteiger partial charge in [-0.1, -0.05) is 0 Å². The van der Waals surface area contributed by atoms with Crippen molar-refractivity contribution in [2.75, 3.05) is 17.7 Å². The molecule has 0 radical (unpaired) electrons. The monoisotopic (exact) mass is 364 g/mol. The van der Waals surface area contributed by atoms with E-state index in [0.717, 1.165) is 0 Å². The third kappa shape index (κ3) is 3.81. The molecular weight excluding hydrogens is 356 g/mol. The Labute approximate surface area is 125 Å². The van der Waals surface area contributed by atoms with Crippen LogP contribution in [0.25, 0.3) is 0 Å². The molecule has 1 heterocycles. The molecule has 0 fully saturated rings. The van der Waals surface area contributed by atoms with E-state index in [-0.39, 0.29) is 16.1 Å².